The highest BCUT2D eigenvalue weighted by Gasteiger charge is 2.13. The SMILES string of the molecule is Cc1ccnc(-c2cc(Cl)c(Cl)cc2Cl)c1O. The summed E-state index contributed by atoms with van der Waals surface area (Å²) in [5.74, 6) is 0.0905. The van der Waals surface area contributed by atoms with E-state index < -0.39 is 0 Å². The van der Waals surface area contributed by atoms with Crippen molar-refractivity contribution in [3.8, 4) is 17.0 Å². The van der Waals surface area contributed by atoms with Crippen molar-refractivity contribution in [1.29, 1.82) is 0 Å². The van der Waals surface area contributed by atoms with Gasteiger partial charge in [0.05, 0.1) is 15.1 Å². The molecule has 0 spiro atoms. The molecule has 1 aromatic carbocycles. The van der Waals surface area contributed by atoms with E-state index in [1.54, 1.807) is 25.3 Å². The smallest absolute Gasteiger partial charge is 0.144 e. The van der Waals surface area contributed by atoms with Gasteiger partial charge in [-0.15, -0.1) is 0 Å². The second kappa shape index (κ2) is 4.73. The maximum Gasteiger partial charge on any atom is 0.144 e. The number of benzene rings is 1. The number of aromatic hydroxyl groups is 1. The summed E-state index contributed by atoms with van der Waals surface area (Å²) in [6, 6.07) is 4.84. The van der Waals surface area contributed by atoms with Gasteiger partial charge in [0.2, 0.25) is 0 Å². The Hall–Kier alpha value is -0.960. The second-order valence-corrected chi connectivity index (χ2v) is 4.79. The molecule has 0 bridgehead atoms. The molecule has 0 saturated heterocycles. The molecule has 88 valence electrons. The van der Waals surface area contributed by atoms with Crippen LogP contribution in [0.5, 0.6) is 5.75 Å². The van der Waals surface area contributed by atoms with Crippen molar-refractivity contribution in [3.63, 3.8) is 0 Å². The standard InChI is InChI=1S/C12H8Cl3NO/c1-6-2-3-16-11(12(6)17)7-4-9(14)10(15)5-8(7)13/h2-5,17H,1H3. The van der Waals surface area contributed by atoms with Gasteiger partial charge in [0.15, 0.2) is 0 Å². The average molecular weight is 289 g/mol. The van der Waals surface area contributed by atoms with Crippen LogP contribution in [0, 0.1) is 6.92 Å². The van der Waals surface area contributed by atoms with Gasteiger partial charge in [-0.3, -0.25) is 4.98 Å². The number of hydrogen-bond acceptors (Lipinski definition) is 2. The van der Waals surface area contributed by atoms with E-state index in [2.05, 4.69) is 4.98 Å². The van der Waals surface area contributed by atoms with Crippen molar-refractivity contribution < 1.29 is 5.11 Å². The summed E-state index contributed by atoms with van der Waals surface area (Å²) >= 11 is 17.8. The molecule has 0 amide bonds. The lowest BCUT2D eigenvalue weighted by Crippen LogP contribution is -1.88. The van der Waals surface area contributed by atoms with Crippen LogP contribution in [-0.2, 0) is 0 Å². The molecule has 0 fully saturated rings. The van der Waals surface area contributed by atoms with Crippen LogP contribution in [0.2, 0.25) is 15.1 Å². The number of aromatic nitrogens is 1. The summed E-state index contributed by atoms with van der Waals surface area (Å²) in [6.07, 6.45) is 1.60. The predicted octanol–water partition coefficient (Wildman–Crippen LogP) is 4.72. The Labute approximate surface area is 114 Å². The fraction of sp³-hybridized carbons (Fsp3) is 0.0833. The van der Waals surface area contributed by atoms with Crippen LogP contribution in [0.25, 0.3) is 11.3 Å². The predicted molar refractivity (Wildman–Crippen MR) is 71.1 cm³/mol. The summed E-state index contributed by atoms with van der Waals surface area (Å²) < 4.78 is 0. The third kappa shape index (κ3) is 2.34. The Bertz CT molecular complexity index is 584. The highest BCUT2D eigenvalue weighted by Crippen LogP contribution is 2.38. The molecule has 1 heterocycles. The summed E-state index contributed by atoms with van der Waals surface area (Å²) in [7, 11) is 0. The molecule has 0 atom stereocenters. The fourth-order valence-electron chi connectivity index (χ4n) is 1.45. The molecule has 2 nitrogen and oxygen atoms in total. The first kappa shape index (κ1) is 12.5. The number of rotatable bonds is 1. The van der Waals surface area contributed by atoms with Crippen LogP contribution in [0.15, 0.2) is 24.4 Å². The minimum absolute atomic E-state index is 0.0905. The quantitative estimate of drug-likeness (QED) is 0.770. The van der Waals surface area contributed by atoms with Crippen molar-refractivity contribution in [3.05, 3.63) is 45.0 Å². The van der Waals surface area contributed by atoms with Gasteiger partial charge in [0, 0.05) is 11.8 Å². The van der Waals surface area contributed by atoms with Gasteiger partial charge in [0.1, 0.15) is 11.4 Å². The maximum absolute atomic E-state index is 9.94. The van der Waals surface area contributed by atoms with Crippen molar-refractivity contribution in [2.24, 2.45) is 0 Å². The summed E-state index contributed by atoms with van der Waals surface area (Å²) in [6.45, 7) is 1.78. The number of pyridine rings is 1. The van der Waals surface area contributed by atoms with Crippen LogP contribution in [0.3, 0.4) is 0 Å². The second-order valence-electron chi connectivity index (χ2n) is 3.57. The van der Waals surface area contributed by atoms with Gasteiger partial charge >= 0.3 is 0 Å². The monoisotopic (exact) mass is 287 g/mol. The summed E-state index contributed by atoms with van der Waals surface area (Å²) in [4.78, 5) is 4.10. The first-order valence-electron chi connectivity index (χ1n) is 4.80. The third-order valence-corrected chi connectivity index (χ3v) is 3.43. The Morgan fingerprint density at radius 1 is 1.06 bits per heavy atom. The van der Waals surface area contributed by atoms with E-state index in [1.807, 2.05) is 0 Å². The van der Waals surface area contributed by atoms with Gasteiger partial charge in [0.25, 0.3) is 0 Å². The van der Waals surface area contributed by atoms with Gasteiger partial charge < -0.3 is 5.11 Å². The molecule has 2 rings (SSSR count). The Morgan fingerprint density at radius 2 is 1.71 bits per heavy atom. The van der Waals surface area contributed by atoms with E-state index in [4.69, 9.17) is 34.8 Å². The molecule has 1 N–H and O–H groups in total. The molecular weight excluding hydrogens is 280 g/mol. The first-order valence-corrected chi connectivity index (χ1v) is 5.93. The zero-order valence-corrected chi connectivity index (χ0v) is 11.1. The number of aryl methyl sites for hydroxylation is 1. The number of halogens is 3. The molecular formula is C12H8Cl3NO. The minimum atomic E-state index is 0.0905. The summed E-state index contributed by atoms with van der Waals surface area (Å²) in [5, 5.41) is 11.1. The van der Waals surface area contributed by atoms with E-state index in [-0.39, 0.29) is 5.75 Å². The van der Waals surface area contributed by atoms with Gasteiger partial charge in [-0.25, -0.2) is 0 Å². The molecule has 0 saturated carbocycles. The Balaban J connectivity index is 2.69. The van der Waals surface area contributed by atoms with Crippen LogP contribution in [0.1, 0.15) is 5.56 Å². The average Bonchev–Trinajstić information content (AvgIpc) is 2.28. The zero-order valence-electron chi connectivity index (χ0n) is 8.84. The molecule has 0 radical (unpaired) electrons. The highest BCUT2D eigenvalue weighted by atomic mass is 35.5. The van der Waals surface area contributed by atoms with E-state index in [9.17, 15) is 5.11 Å². The third-order valence-electron chi connectivity index (χ3n) is 2.39. The number of nitrogens with zero attached hydrogens (tertiary/aromatic N) is 1. The molecule has 1 aromatic heterocycles. The summed E-state index contributed by atoms with van der Waals surface area (Å²) in [5.41, 5.74) is 1.67. The van der Waals surface area contributed by atoms with Crippen LogP contribution >= 0.6 is 34.8 Å². The van der Waals surface area contributed by atoms with Gasteiger partial charge in [-0.1, -0.05) is 34.8 Å². The van der Waals surface area contributed by atoms with Crippen molar-refractivity contribution in [1.82, 2.24) is 4.98 Å². The largest absolute Gasteiger partial charge is 0.505 e. The van der Waals surface area contributed by atoms with E-state index >= 15 is 0 Å². The molecule has 0 aliphatic rings. The lowest BCUT2D eigenvalue weighted by molar-refractivity contribution is 0.471. The number of hydrogen-bond donors (Lipinski definition) is 1. The van der Waals surface area contributed by atoms with Crippen LogP contribution in [0.4, 0.5) is 0 Å². The molecule has 0 unspecified atom stereocenters. The van der Waals surface area contributed by atoms with Gasteiger partial charge in [-0.05, 0) is 30.7 Å². The van der Waals surface area contributed by atoms with E-state index in [0.717, 1.165) is 5.56 Å². The first-order chi connectivity index (χ1) is 8.00. The highest BCUT2D eigenvalue weighted by molar-refractivity contribution is 6.44. The van der Waals surface area contributed by atoms with Gasteiger partial charge in [-0.2, -0.15) is 0 Å². The van der Waals surface area contributed by atoms with Crippen molar-refractivity contribution >= 4 is 34.8 Å². The fourth-order valence-corrected chi connectivity index (χ4v) is 2.09. The molecule has 5 heteroatoms. The topological polar surface area (TPSA) is 33.1 Å². The lowest BCUT2D eigenvalue weighted by atomic mass is 10.1. The molecule has 2 aromatic rings. The zero-order chi connectivity index (χ0) is 12.6. The maximum atomic E-state index is 9.94. The molecule has 0 aliphatic heterocycles. The minimum Gasteiger partial charge on any atom is -0.505 e. The van der Waals surface area contributed by atoms with E-state index in [0.29, 0.717) is 26.3 Å². The van der Waals surface area contributed by atoms with Crippen molar-refractivity contribution in [2.45, 2.75) is 6.92 Å². The molecule has 0 aliphatic carbocycles. The molecule has 17 heavy (non-hydrogen) atoms. The van der Waals surface area contributed by atoms with E-state index in [1.165, 1.54) is 6.07 Å². The van der Waals surface area contributed by atoms with Crippen molar-refractivity contribution in [2.75, 3.05) is 0 Å². The lowest BCUT2D eigenvalue weighted by Gasteiger charge is -2.09. The van der Waals surface area contributed by atoms with Crippen LogP contribution in [-0.4, -0.2) is 10.1 Å². The Morgan fingerprint density at radius 3 is 2.41 bits per heavy atom. The normalized spacial score (nSPS) is 10.6. The van der Waals surface area contributed by atoms with Crippen LogP contribution < -0.4 is 0 Å². The Kier molecular flexibility index (Phi) is 3.48.